The molecule has 0 radical (unpaired) electrons. The van der Waals surface area contributed by atoms with Gasteiger partial charge in [-0.3, -0.25) is 14.5 Å². The van der Waals surface area contributed by atoms with Crippen molar-refractivity contribution in [1.82, 2.24) is 20.1 Å². The van der Waals surface area contributed by atoms with Crippen LogP contribution in [0.25, 0.3) is 0 Å². The third-order valence-electron chi connectivity index (χ3n) is 2.16. The number of nitrogens with zero attached hydrogens (tertiary/aromatic N) is 3. The van der Waals surface area contributed by atoms with Crippen molar-refractivity contribution in [2.75, 3.05) is 5.73 Å². The van der Waals surface area contributed by atoms with Crippen LogP contribution in [0.3, 0.4) is 0 Å². The molecule has 0 bridgehead atoms. The summed E-state index contributed by atoms with van der Waals surface area (Å²) in [6, 6.07) is 0. The first-order valence-corrected chi connectivity index (χ1v) is 5.49. The van der Waals surface area contributed by atoms with Gasteiger partial charge in [0, 0.05) is 19.2 Å². The van der Waals surface area contributed by atoms with Crippen molar-refractivity contribution in [2.24, 2.45) is 7.05 Å². The molecule has 2 rings (SSSR count). The van der Waals surface area contributed by atoms with Crippen molar-refractivity contribution in [2.45, 2.75) is 6.54 Å². The summed E-state index contributed by atoms with van der Waals surface area (Å²) < 4.78 is 1.56. The number of amides is 1. The van der Waals surface area contributed by atoms with E-state index in [0.29, 0.717) is 17.2 Å². The first-order valence-electron chi connectivity index (χ1n) is 4.61. The summed E-state index contributed by atoms with van der Waals surface area (Å²) >= 11 is 1.30. The molecule has 7 heteroatoms. The molecule has 1 amide bonds. The third kappa shape index (κ3) is 2.03. The number of hydrogen-bond donors (Lipinski definition) is 2. The van der Waals surface area contributed by atoms with Crippen LogP contribution >= 0.6 is 11.3 Å². The van der Waals surface area contributed by atoms with Gasteiger partial charge < -0.3 is 11.1 Å². The van der Waals surface area contributed by atoms with Gasteiger partial charge in [0.25, 0.3) is 5.91 Å². The van der Waals surface area contributed by atoms with E-state index in [4.69, 9.17) is 5.73 Å². The first-order chi connectivity index (χ1) is 7.68. The Labute approximate surface area is 96.1 Å². The number of thiazole rings is 1. The van der Waals surface area contributed by atoms with Crippen molar-refractivity contribution < 1.29 is 4.79 Å². The van der Waals surface area contributed by atoms with E-state index in [1.807, 2.05) is 0 Å². The number of rotatable bonds is 3. The zero-order valence-electron chi connectivity index (χ0n) is 8.67. The quantitative estimate of drug-likeness (QED) is 0.808. The Hall–Kier alpha value is -1.89. The van der Waals surface area contributed by atoms with Gasteiger partial charge in [-0.2, -0.15) is 5.10 Å². The van der Waals surface area contributed by atoms with Crippen molar-refractivity contribution in [3.8, 4) is 0 Å². The SMILES string of the molecule is Cn1ncc(CNC(=O)c2cncs2)c1N. The molecule has 0 aliphatic rings. The second-order valence-corrected chi connectivity index (χ2v) is 4.11. The highest BCUT2D eigenvalue weighted by molar-refractivity contribution is 7.11. The van der Waals surface area contributed by atoms with Gasteiger partial charge in [0.2, 0.25) is 0 Å². The Kier molecular flexibility index (Phi) is 2.86. The number of carbonyl (C=O) groups is 1. The maximum Gasteiger partial charge on any atom is 0.263 e. The van der Waals surface area contributed by atoms with E-state index >= 15 is 0 Å². The molecule has 0 saturated heterocycles. The fourth-order valence-electron chi connectivity index (χ4n) is 1.22. The summed E-state index contributed by atoms with van der Waals surface area (Å²) in [6.45, 7) is 0.371. The van der Waals surface area contributed by atoms with Crippen LogP contribution in [0.1, 0.15) is 15.2 Å². The lowest BCUT2D eigenvalue weighted by atomic mass is 10.3. The Morgan fingerprint density at radius 2 is 2.44 bits per heavy atom. The molecule has 0 aliphatic heterocycles. The number of anilines is 1. The standard InChI is InChI=1S/C9H11N5OS/c1-14-8(10)6(3-13-14)2-12-9(15)7-4-11-5-16-7/h3-5H,2,10H2,1H3,(H,12,15). The van der Waals surface area contributed by atoms with E-state index in [1.54, 1.807) is 23.4 Å². The van der Waals surface area contributed by atoms with Crippen LogP contribution in [-0.4, -0.2) is 20.7 Å². The van der Waals surface area contributed by atoms with Gasteiger partial charge in [-0.25, -0.2) is 0 Å². The number of nitrogens with two attached hydrogens (primary N) is 1. The minimum absolute atomic E-state index is 0.147. The monoisotopic (exact) mass is 237 g/mol. The van der Waals surface area contributed by atoms with Gasteiger partial charge in [0.15, 0.2) is 0 Å². The van der Waals surface area contributed by atoms with E-state index in [9.17, 15) is 4.79 Å². The lowest BCUT2D eigenvalue weighted by molar-refractivity contribution is 0.0955. The average Bonchev–Trinajstić information content (AvgIpc) is 2.89. The molecule has 84 valence electrons. The molecule has 0 aliphatic carbocycles. The minimum atomic E-state index is -0.147. The maximum atomic E-state index is 11.6. The fraction of sp³-hybridized carbons (Fsp3) is 0.222. The number of aryl methyl sites for hydroxylation is 1. The van der Waals surface area contributed by atoms with E-state index in [0.717, 1.165) is 5.56 Å². The van der Waals surface area contributed by atoms with E-state index in [1.165, 1.54) is 17.5 Å². The highest BCUT2D eigenvalue weighted by Crippen LogP contribution is 2.10. The highest BCUT2D eigenvalue weighted by atomic mass is 32.1. The molecule has 0 spiro atoms. The number of nitrogens with one attached hydrogen (secondary N) is 1. The molecule has 2 heterocycles. The average molecular weight is 237 g/mol. The Bertz CT molecular complexity index is 490. The number of hydrogen-bond acceptors (Lipinski definition) is 5. The van der Waals surface area contributed by atoms with Gasteiger partial charge in [-0.15, -0.1) is 11.3 Å². The summed E-state index contributed by atoms with van der Waals surface area (Å²) in [4.78, 5) is 16.0. The Morgan fingerprint density at radius 3 is 3.00 bits per heavy atom. The van der Waals surface area contributed by atoms with Crippen molar-refractivity contribution in [1.29, 1.82) is 0 Å². The van der Waals surface area contributed by atoms with E-state index in [2.05, 4.69) is 15.4 Å². The molecule has 0 aromatic carbocycles. The number of carbonyl (C=O) groups excluding carboxylic acids is 1. The maximum absolute atomic E-state index is 11.6. The molecule has 6 nitrogen and oxygen atoms in total. The third-order valence-corrected chi connectivity index (χ3v) is 2.93. The van der Waals surface area contributed by atoms with Crippen LogP contribution in [0.15, 0.2) is 17.9 Å². The minimum Gasteiger partial charge on any atom is -0.384 e. The fourth-order valence-corrected chi connectivity index (χ4v) is 1.76. The molecular formula is C9H11N5OS. The van der Waals surface area contributed by atoms with Crippen LogP contribution in [0.5, 0.6) is 0 Å². The van der Waals surface area contributed by atoms with Crippen molar-refractivity contribution in [3.63, 3.8) is 0 Å². The second kappa shape index (κ2) is 4.31. The van der Waals surface area contributed by atoms with Crippen LogP contribution < -0.4 is 11.1 Å². The van der Waals surface area contributed by atoms with Gasteiger partial charge >= 0.3 is 0 Å². The molecule has 2 aromatic rings. The molecule has 0 unspecified atom stereocenters. The summed E-state index contributed by atoms with van der Waals surface area (Å²) in [7, 11) is 1.75. The lowest BCUT2D eigenvalue weighted by Crippen LogP contribution is -2.22. The second-order valence-electron chi connectivity index (χ2n) is 3.23. The zero-order valence-corrected chi connectivity index (χ0v) is 9.49. The van der Waals surface area contributed by atoms with E-state index in [-0.39, 0.29) is 5.91 Å². The molecular weight excluding hydrogens is 226 g/mol. The number of nitrogen functional groups attached to an aromatic ring is 1. The topological polar surface area (TPSA) is 85.8 Å². The normalized spacial score (nSPS) is 10.3. The van der Waals surface area contributed by atoms with Crippen molar-refractivity contribution >= 4 is 23.1 Å². The summed E-state index contributed by atoms with van der Waals surface area (Å²) in [5.74, 6) is 0.412. The molecule has 0 atom stereocenters. The first kappa shape index (κ1) is 10.6. The van der Waals surface area contributed by atoms with Crippen molar-refractivity contribution in [3.05, 3.63) is 28.3 Å². The number of aromatic nitrogens is 3. The largest absolute Gasteiger partial charge is 0.384 e. The molecule has 0 fully saturated rings. The molecule has 0 saturated carbocycles. The summed E-state index contributed by atoms with van der Waals surface area (Å²) in [5, 5.41) is 6.74. The molecule has 3 N–H and O–H groups in total. The predicted octanol–water partition coefficient (Wildman–Crippen LogP) is 0.389. The predicted molar refractivity (Wildman–Crippen MR) is 60.9 cm³/mol. The van der Waals surface area contributed by atoms with Crippen LogP contribution in [0.2, 0.25) is 0 Å². The highest BCUT2D eigenvalue weighted by Gasteiger charge is 2.09. The smallest absolute Gasteiger partial charge is 0.263 e. The van der Waals surface area contributed by atoms with Gasteiger partial charge in [-0.05, 0) is 0 Å². The Balaban J connectivity index is 1.98. The van der Waals surface area contributed by atoms with E-state index < -0.39 is 0 Å². The molecule has 16 heavy (non-hydrogen) atoms. The Morgan fingerprint density at radius 1 is 1.62 bits per heavy atom. The lowest BCUT2D eigenvalue weighted by Gasteiger charge is -2.02. The summed E-state index contributed by atoms with van der Waals surface area (Å²) in [6.07, 6.45) is 3.18. The van der Waals surface area contributed by atoms with Crippen LogP contribution in [-0.2, 0) is 13.6 Å². The summed E-state index contributed by atoms with van der Waals surface area (Å²) in [5.41, 5.74) is 8.17. The van der Waals surface area contributed by atoms with Crippen LogP contribution in [0, 0.1) is 0 Å². The molecule has 2 aromatic heterocycles. The van der Waals surface area contributed by atoms with Gasteiger partial charge in [-0.1, -0.05) is 0 Å². The van der Waals surface area contributed by atoms with Crippen LogP contribution in [0.4, 0.5) is 5.82 Å². The van der Waals surface area contributed by atoms with Gasteiger partial charge in [0.1, 0.15) is 10.7 Å². The zero-order chi connectivity index (χ0) is 11.5. The van der Waals surface area contributed by atoms with Gasteiger partial charge in [0.05, 0.1) is 17.9 Å².